The number of carbonyl (C=O) groups is 2. The summed E-state index contributed by atoms with van der Waals surface area (Å²) in [7, 11) is 0. The van der Waals surface area contributed by atoms with Crippen LogP contribution in [0.25, 0.3) is 0 Å². The van der Waals surface area contributed by atoms with Crippen LogP contribution in [-0.4, -0.2) is 24.0 Å². The second kappa shape index (κ2) is 7.19. The molecule has 5 rings (SSSR count). The van der Waals surface area contributed by atoms with Crippen LogP contribution in [0.1, 0.15) is 58.6 Å². The van der Waals surface area contributed by atoms with Crippen molar-refractivity contribution in [2.24, 2.45) is 5.73 Å². The topological polar surface area (TPSA) is 98.3 Å². The van der Waals surface area contributed by atoms with Crippen LogP contribution in [0.4, 0.5) is 16.2 Å². The van der Waals surface area contributed by atoms with Gasteiger partial charge in [-0.2, -0.15) is 5.32 Å². The van der Waals surface area contributed by atoms with E-state index >= 15 is 0 Å². The summed E-state index contributed by atoms with van der Waals surface area (Å²) in [5.74, 6) is -0.180. The summed E-state index contributed by atoms with van der Waals surface area (Å²) in [6.07, 6.45) is 6.36. The van der Waals surface area contributed by atoms with Crippen molar-refractivity contribution in [3.63, 3.8) is 0 Å². The average molecular weight is 389 g/mol. The molecule has 1 fully saturated rings. The van der Waals surface area contributed by atoms with Gasteiger partial charge in [0.25, 0.3) is 0 Å². The first-order valence-electron chi connectivity index (χ1n) is 10.4. The Hall–Kier alpha value is -2.86. The van der Waals surface area contributed by atoms with E-state index in [1.165, 1.54) is 11.1 Å². The monoisotopic (exact) mass is 389 g/mol. The van der Waals surface area contributed by atoms with Crippen LogP contribution < -0.4 is 21.7 Å². The molecule has 1 saturated carbocycles. The Bertz CT molecular complexity index is 954. The van der Waals surface area contributed by atoms with Gasteiger partial charge < -0.3 is 16.4 Å². The predicted molar refractivity (Wildman–Crippen MR) is 112 cm³/mol. The summed E-state index contributed by atoms with van der Waals surface area (Å²) in [5.41, 5.74) is 11.2. The van der Waals surface area contributed by atoms with Crippen LogP contribution in [0.5, 0.6) is 0 Å². The number of rotatable bonds is 4. The zero-order valence-corrected chi connectivity index (χ0v) is 16.3. The third kappa shape index (κ3) is 3.49. The molecule has 0 bridgehead atoms. The Morgan fingerprint density at radius 1 is 1.03 bits per heavy atom. The Morgan fingerprint density at radius 2 is 1.72 bits per heavy atom. The Kier molecular flexibility index (Phi) is 4.51. The molecule has 0 aromatic heterocycles. The molecule has 0 spiro atoms. The standard InChI is InChI=1S/C23H25N4O2/c24-22(28)19-12-21-20(26-23(29)27-21)11-18(19)13-5-7-16(8-6-13)25-17-9-14-3-1-2-4-15(14)10-17/h1-4,11-13,16-17,25H,5-10H2,(H2,24,28)(H,26,29). The van der Waals surface area contributed by atoms with Crippen LogP contribution in [0.2, 0.25) is 0 Å². The van der Waals surface area contributed by atoms with Gasteiger partial charge in [0, 0.05) is 17.6 Å². The van der Waals surface area contributed by atoms with Gasteiger partial charge in [0.15, 0.2) is 0 Å². The molecular formula is C23H25N4O2. The van der Waals surface area contributed by atoms with Crippen LogP contribution in [-0.2, 0) is 12.8 Å². The van der Waals surface area contributed by atoms with Crippen molar-refractivity contribution in [1.29, 1.82) is 0 Å². The third-order valence-corrected chi connectivity index (χ3v) is 6.59. The number of fused-ring (bicyclic) bond motifs is 2. The lowest BCUT2D eigenvalue weighted by Gasteiger charge is -2.32. The molecule has 1 radical (unpaired) electrons. The maximum atomic E-state index is 12.0. The van der Waals surface area contributed by atoms with E-state index in [4.69, 9.17) is 5.73 Å². The number of hydrogen-bond acceptors (Lipinski definition) is 3. The van der Waals surface area contributed by atoms with Crippen molar-refractivity contribution in [3.8, 4) is 0 Å². The van der Waals surface area contributed by atoms with E-state index in [0.717, 1.165) is 44.1 Å². The molecule has 0 atom stereocenters. The number of benzene rings is 2. The Labute approximate surface area is 170 Å². The van der Waals surface area contributed by atoms with Gasteiger partial charge in [0.05, 0.1) is 11.4 Å². The molecule has 0 saturated heterocycles. The molecule has 3 aliphatic rings. The first-order valence-corrected chi connectivity index (χ1v) is 10.4. The number of carbonyl (C=O) groups excluding carboxylic acids is 2. The number of amides is 3. The molecule has 0 unspecified atom stereocenters. The first-order chi connectivity index (χ1) is 14.1. The highest BCUT2D eigenvalue weighted by atomic mass is 16.2. The Morgan fingerprint density at radius 3 is 2.38 bits per heavy atom. The molecule has 2 aromatic carbocycles. The molecule has 1 aliphatic heterocycles. The summed E-state index contributed by atoms with van der Waals surface area (Å²) in [4.78, 5) is 23.6. The quantitative estimate of drug-likeness (QED) is 0.748. The van der Waals surface area contributed by atoms with Crippen LogP contribution in [0.15, 0.2) is 36.4 Å². The van der Waals surface area contributed by atoms with Gasteiger partial charge in [-0.05, 0) is 73.3 Å². The highest BCUT2D eigenvalue weighted by Crippen LogP contribution is 2.40. The number of nitrogens with one attached hydrogen (secondary N) is 2. The summed E-state index contributed by atoms with van der Waals surface area (Å²) >= 11 is 0. The minimum atomic E-state index is -0.457. The van der Waals surface area contributed by atoms with Gasteiger partial charge in [-0.3, -0.25) is 4.79 Å². The molecule has 29 heavy (non-hydrogen) atoms. The number of anilines is 1. The fraction of sp³-hybridized carbons (Fsp3) is 0.391. The van der Waals surface area contributed by atoms with Crippen molar-refractivity contribution in [1.82, 2.24) is 10.6 Å². The minimum Gasteiger partial charge on any atom is -0.366 e. The van der Waals surface area contributed by atoms with Gasteiger partial charge in [-0.1, -0.05) is 24.3 Å². The van der Waals surface area contributed by atoms with Crippen molar-refractivity contribution >= 4 is 23.3 Å². The number of hydrogen-bond donors (Lipinski definition) is 3. The average Bonchev–Trinajstić information content (AvgIpc) is 3.28. The fourth-order valence-corrected chi connectivity index (χ4v) is 5.18. The lowest BCUT2D eigenvalue weighted by Crippen LogP contribution is -2.40. The van der Waals surface area contributed by atoms with Gasteiger partial charge in [-0.15, -0.1) is 0 Å². The number of nitrogens with zero attached hydrogens (tertiary/aromatic N) is 1. The molecule has 6 nitrogen and oxygen atoms in total. The summed E-state index contributed by atoms with van der Waals surface area (Å²) in [6, 6.07) is 12.9. The first kappa shape index (κ1) is 18.2. The van der Waals surface area contributed by atoms with Gasteiger partial charge in [0.2, 0.25) is 5.91 Å². The second-order valence-electron chi connectivity index (χ2n) is 8.45. The SMILES string of the molecule is NC(=O)c1cc2c(cc1C1CCC(NC3Cc4ccccc4C3)CC1)NC(=O)[N]2. The normalized spacial score (nSPS) is 23.2. The highest BCUT2D eigenvalue weighted by Gasteiger charge is 2.30. The zero-order chi connectivity index (χ0) is 20.0. The summed E-state index contributed by atoms with van der Waals surface area (Å²) in [5, 5.41) is 10.5. The van der Waals surface area contributed by atoms with Crippen molar-refractivity contribution in [2.75, 3.05) is 5.32 Å². The molecule has 3 amide bonds. The lowest BCUT2D eigenvalue weighted by atomic mass is 9.79. The van der Waals surface area contributed by atoms with E-state index in [1.807, 2.05) is 6.07 Å². The van der Waals surface area contributed by atoms with Crippen molar-refractivity contribution < 1.29 is 9.59 Å². The van der Waals surface area contributed by atoms with E-state index in [0.29, 0.717) is 29.0 Å². The zero-order valence-electron chi connectivity index (χ0n) is 16.3. The maximum Gasteiger partial charge on any atom is 0.346 e. The highest BCUT2D eigenvalue weighted by molar-refractivity contribution is 6.05. The Balaban J connectivity index is 1.25. The molecule has 2 aromatic rings. The maximum absolute atomic E-state index is 12.0. The van der Waals surface area contributed by atoms with E-state index in [1.54, 1.807) is 6.07 Å². The lowest BCUT2D eigenvalue weighted by molar-refractivity contribution is 0.0998. The van der Waals surface area contributed by atoms with Crippen molar-refractivity contribution in [2.45, 2.75) is 56.5 Å². The minimum absolute atomic E-state index is 0.277. The van der Waals surface area contributed by atoms with Gasteiger partial charge >= 0.3 is 6.03 Å². The molecule has 1 heterocycles. The van der Waals surface area contributed by atoms with Crippen LogP contribution in [0, 0.1) is 0 Å². The van der Waals surface area contributed by atoms with Crippen molar-refractivity contribution in [3.05, 3.63) is 58.7 Å². The summed E-state index contributed by atoms with van der Waals surface area (Å²) in [6.45, 7) is 0. The number of urea groups is 1. The van der Waals surface area contributed by atoms with Crippen LogP contribution >= 0.6 is 0 Å². The molecule has 6 heteroatoms. The summed E-state index contributed by atoms with van der Waals surface area (Å²) < 4.78 is 0. The smallest absolute Gasteiger partial charge is 0.346 e. The molecular weight excluding hydrogens is 364 g/mol. The van der Waals surface area contributed by atoms with E-state index in [2.05, 4.69) is 40.2 Å². The van der Waals surface area contributed by atoms with E-state index in [9.17, 15) is 9.59 Å². The number of nitrogens with two attached hydrogens (primary N) is 1. The van der Waals surface area contributed by atoms with Gasteiger partial charge in [0.1, 0.15) is 0 Å². The fourth-order valence-electron chi connectivity index (χ4n) is 5.18. The van der Waals surface area contributed by atoms with E-state index < -0.39 is 11.9 Å². The van der Waals surface area contributed by atoms with Crippen LogP contribution in [0.3, 0.4) is 0 Å². The van der Waals surface area contributed by atoms with E-state index in [-0.39, 0.29) is 5.92 Å². The predicted octanol–water partition coefficient (Wildman–Crippen LogP) is 3.35. The largest absolute Gasteiger partial charge is 0.366 e. The second-order valence-corrected chi connectivity index (χ2v) is 8.45. The third-order valence-electron chi connectivity index (χ3n) is 6.59. The molecule has 149 valence electrons. The van der Waals surface area contributed by atoms with Gasteiger partial charge in [-0.25, -0.2) is 4.79 Å². The number of primary amides is 1. The molecule has 4 N–H and O–H groups in total. The molecule has 2 aliphatic carbocycles.